The molecule has 3 N–H and O–H groups in total. The number of rotatable bonds is 14. The van der Waals surface area contributed by atoms with Gasteiger partial charge >= 0.3 is 5.97 Å². The molecule has 0 aliphatic heterocycles. The highest BCUT2D eigenvalue weighted by Gasteiger charge is 2.25. The zero-order chi connectivity index (χ0) is 29.1. The summed E-state index contributed by atoms with van der Waals surface area (Å²) in [6.07, 6.45) is 1.36. The Labute approximate surface area is 237 Å². The predicted molar refractivity (Wildman–Crippen MR) is 158 cm³/mol. The molecule has 0 unspecified atom stereocenters. The second-order valence-electron chi connectivity index (χ2n) is 10.4. The van der Waals surface area contributed by atoms with Gasteiger partial charge in [0.25, 0.3) is 5.91 Å². The Hall–Kier alpha value is -3.55. The molecular weight excluding hydrogens is 505 g/mol. The molecule has 0 aromatic heterocycles. The van der Waals surface area contributed by atoms with Crippen molar-refractivity contribution < 1.29 is 18.7 Å². The number of esters is 1. The molecule has 0 heterocycles. The summed E-state index contributed by atoms with van der Waals surface area (Å²) in [5, 5.41) is 3.34. The Bertz CT molecular complexity index is 1260. The highest BCUT2D eigenvalue weighted by Crippen LogP contribution is 2.17. The maximum absolute atomic E-state index is 14.2. The van der Waals surface area contributed by atoms with Gasteiger partial charge in [0.1, 0.15) is 11.9 Å². The number of carbonyl (C=O) groups excluding carboxylic acids is 2. The molecule has 214 valence electrons. The molecular formula is C33H42FN3O3. The van der Waals surface area contributed by atoms with Gasteiger partial charge < -0.3 is 20.7 Å². The number of carbonyl (C=O) groups is 2. The molecule has 3 aromatic carbocycles. The third-order valence-corrected chi connectivity index (χ3v) is 6.80. The monoisotopic (exact) mass is 547 g/mol. The van der Waals surface area contributed by atoms with Crippen LogP contribution in [0.15, 0.2) is 66.7 Å². The van der Waals surface area contributed by atoms with Crippen LogP contribution in [0.3, 0.4) is 0 Å². The van der Waals surface area contributed by atoms with E-state index in [4.69, 9.17) is 10.5 Å². The molecule has 0 aliphatic rings. The van der Waals surface area contributed by atoms with Gasteiger partial charge in [-0.3, -0.25) is 4.79 Å². The second-order valence-corrected chi connectivity index (χ2v) is 10.4. The van der Waals surface area contributed by atoms with E-state index in [2.05, 4.69) is 5.32 Å². The molecule has 1 amide bonds. The lowest BCUT2D eigenvalue weighted by atomic mass is 10.00. The number of aryl methyl sites for hydroxylation is 2. The van der Waals surface area contributed by atoms with Crippen molar-refractivity contribution in [2.24, 2.45) is 5.73 Å². The van der Waals surface area contributed by atoms with Crippen molar-refractivity contribution in [1.82, 2.24) is 10.2 Å². The summed E-state index contributed by atoms with van der Waals surface area (Å²) in [7, 11) is 0. The summed E-state index contributed by atoms with van der Waals surface area (Å²) in [6, 6.07) is 19.5. The van der Waals surface area contributed by atoms with Crippen LogP contribution >= 0.6 is 0 Å². The van der Waals surface area contributed by atoms with Crippen molar-refractivity contribution in [1.29, 1.82) is 0 Å². The molecule has 0 aliphatic carbocycles. The third-order valence-electron chi connectivity index (χ3n) is 6.80. The lowest BCUT2D eigenvalue weighted by molar-refractivity contribution is 0.0238. The standard InChI is InChI=1S/C33H42FN3O3/c1-5-14-37(15-6-2)32(38)27-16-23(3)17-28(20-27)33(39)40-31(22-36-21-25-10-8-7-9-11-25)30(35)19-26-13-12-24(4)29(34)18-26/h7-13,16-18,20,30-31,36H,5-6,14-15,19,21-22,35H2,1-4H3/t30-,31+/m0/s1. The minimum atomic E-state index is -0.683. The predicted octanol–water partition coefficient (Wildman–Crippen LogP) is 5.59. The van der Waals surface area contributed by atoms with E-state index in [9.17, 15) is 14.0 Å². The number of benzene rings is 3. The van der Waals surface area contributed by atoms with Crippen LogP contribution in [0.5, 0.6) is 0 Å². The first-order valence-electron chi connectivity index (χ1n) is 14.1. The van der Waals surface area contributed by atoms with Gasteiger partial charge in [0.2, 0.25) is 0 Å². The maximum Gasteiger partial charge on any atom is 0.338 e. The van der Waals surface area contributed by atoms with Gasteiger partial charge in [-0.05, 0) is 79.6 Å². The third kappa shape index (κ3) is 9.00. The van der Waals surface area contributed by atoms with Crippen molar-refractivity contribution in [2.45, 2.75) is 65.6 Å². The number of nitrogens with one attached hydrogen (secondary N) is 1. The van der Waals surface area contributed by atoms with Crippen LogP contribution in [0.2, 0.25) is 0 Å². The van der Waals surface area contributed by atoms with E-state index in [-0.39, 0.29) is 11.7 Å². The number of nitrogens with zero attached hydrogens (tertiary/aromatic N) is 1. The SMILES string of the molecule is CCCN(CCC)C(=O)c1cc(C)cc(C(=O)O[C@H](CNCc2ccccc2)[C@@H](N)Cc2ccc(C)c(F)c2)c1. The Kier molecular flexibility index (Phi) is 11.8. The van der Waals surface area contributed by atoms with Crippen LogP contribution in [-0.2, 0) is 17.7 Å². The number of amides is 1. The van der Waals surface area contributed by atoms with Crippen molar-refractivity contribution in [3.05, 3.63) is 106 Å². The van der Waals surface area contributed by atoms with E-state index in [1.807, 2.05) is 62.1 Å². The molecule has 3 aromatic rings. The van der Waals surface area contributed by atoms with E-state index in [0.29, 0.717) is 49.3 Å². The van der Waals surface area contributed by atoms with Gasteiger partial charge in [-0.15, -0.1) is 0 Å². The van der Waals surface area contributed by atoms with E-state index in [0.717, 1.165) is 29.5 Å². The molecule has 0 fully saturated rings. The highest BCUT2D eigenvalue weighted by atomic mass is 19.1. The van der Waals surface area contributed by atoms with E-state index in [1.165, 1.54) is 6.07 Å². The molecule has 0 spiro atoms. The minimum absolute atomic E-state index is 0.0966. The summed E-state index contributed by atoms with van der Waals surface area (Å²) in [6.45, 7) is 9.84. The van der Waals surface area contributed by atoms with Crippen LogP contribution in [0, 0.1) is 19.7 Å². The van der Waals surface area contributed by atoms with Crippen molar-refractivity contribution in [2.75, 3.05) is 19.6 Å². The van der Waals surface area contributed by atoms with Crippen molar-refractivity contribution in [3.63, 3.8) is 0 Å². The number of hydrogen-bond donors (Lipinski definition) is 2. The quantitative estimate of drug-likeness (QED) is 0.257. The molecule has 40 heavy (non-hydrogen) atoms. The molecule has 0 bridgehead atoms. The smallest absolute Gasteiger partial charge is 0.338 e. The van der Waals surface area contributed by atoms with Crippen LogP contribution in [0.1, 0.15) is 69.7 Å². The van der Waals surface area contributed by atoms with Crippen LogP contribution < -0.4 is 11.1 Å². The first kappa shape index (κ1) is 31.0. The minimum Gasteiger partial charge on any atom is -0.456 e. The fourth-order valence-corrected chi connectivity index (χ4v) is 4.67. The average Bonchev–Trinajstić information content (AvgIpc) is 2.94. The van der Waals surface area contributed by atoms with Crippen LogP contribution in [-0.4, -0.2) is 48.6 Å². The zero-order valence-corrected chi connectivity index (χ0v) is 24.1. The molecule has 2 atom stereocenters. The lowest BCUT2D eigenvalue weighted by Crippen LogP contribution is -2.46. The second kappa shape index (κ2) is 15.3. The number of hydrogen-bond acceptors (Lipinski definition) is 5. The van der Waals surface area contributed by atoms with Gasteiger partial charge in [0.15, 0.2) is 0 Å². The fraction of sp³-hybridized carbons (Fsp3) is 0.394. The van der Waals surface area contributed by atoms with Gasteiger partial charge in [-0.25, -0.2) is 9.18 Å². The topological polar surface area (TPSA) is 84.7 Å². The molecule has 7 heteroatoms. The number of nitrogens with two attached hydrogens (primary N) is 1. The van der Waals surface area contributed by atoms with Gasteiger partial charge in [-0.1, -0.05) is 56.3 Å². The van der Waals surface area contributed by atoms with E-state index in [1.54, 1.807) is 31.2 Å². The lowest BCUT2D eigenvalue weighted by Gasteiger charge is -2.25. The zero-order valence-electron chi connectivity index (χ0n) is 24.1. The summed E-state index contributed by atoms with van der Waals surface area (Å²) < 4.78 is 20.1. The van der Waals surface area contributed by atoms with Crippen molar-refractivity contribution >= 4 is 11.9 Å². The highest BCUT2D eigenvalue weighted by molar-refractivity contribution is 5.98. The first-order valence-corrected chi connectivity index (χ1v) is 14.1. The van der Waals surface area contributed by atoms with E-state index < -0.39 is 18.1 Å². The Morgan fingerprint density at radius 3 is 2.25 bits per heavy atom. The molecule has 0 saturated carbocycles. The van der Waals surface area contributed by atoms with Gasteiger partial charge in [0, 0.05) is 37.8 Å². The molecule has 3 rings (SSSR count). The Morgan fingerprint density at radius 1 is 0.925 bits per heavy atom. The Balaban J connectivity index is 1.79. The summed E-state index contributed by atoms with van der Waals surface area (Å²) >= 11 is 0. The van der Waals surface area contributed by atoms with Crippen molar-refractivity contribution in [3.8, 4) is 0 Å². The summed E-state index contributed by atoms with van der Waals surface area (Å²) in [5.41, 5.74) is 10.5. The molecule has 0 saturated heterocycles. The largest absolute Gasteiger partial charge is 0.456 e. The normalized spacial score (nSPS) is 12.6. The van der Waals surface area contributed by atoms with Gasteiger partial charge in [0.05, 0.1) is 5.56 Å². The number of ether oxygens (including phenoxy) is 1. The van der Waals surface area contributed by atoms with E-state index >= 15 is 0 Å². The van der Waals surface area contributed by atoms with Crippen LogP contribution in [0.4, 0.5) is 4.39 Å². The maximum atomic E-state index is 14.2. The van der Waals surface area contributed by atoms with Crippen LogP contribution in [0.25, 0.3) is 0 Å². The summed E-state index contributed by atoms with van der Waals surface area (Å²) in [4.78, 5) is 28.4. The number of halogens is 1. The average molecular weight is 548 g/mol. The fourth-order valence-electron chi connectivity index (χ4n) is 4.67. The molecule has 6 nitrogen and oxygen atoms in total. The Morgan fingerprint density at radius 2 is 1.60 bits per heavy atom. The summed E-state index contributed by atoms with van der Waals surface area (Å²) in [5.74, 6) is -0.939. The first-order chi connectivity index (χ1) is 19.2. The van der Waals surface area contributed by atoms with Gasteiger partial charge in [-0.2, -0.15) is 0 Å². The molecule has 0 radical (unpaired) electrons.